The number of hydrogen-bond donors (Lipinski definition) is 7. The molecular weight excluding hydrogens is 670 g/mol. The van der Waals surface area contributed by atoms with Crippen molar-refractivity contribution in [2.45, 2.75) is 84.6 Å². The van der Waals surface area contributed by atoms with E-state index in [4.69, 9.17) is 9.97 Å². The van der Waals surface area contributed by atoms with Gasteiger partial charge in [-0.15, -0.1) is 0 Å². The molecule has 0 spiro atoms. The Morgan fingerprint density at radius 3 is 2.17 bits per heavy atom. The molecule has 2 aromatic heterocycles. The normalized spacial score (nSPS) is 16.7. The number of amides is 1. The molecule has 8 bridgehead atoms. The number of aliphatic carboxylic acids is 4. The second kappa shape index (κ2) is 14.7. The van der Waals surface area contributed by atoms with Gasteiger partial charge in [0.05, 0.1) is 41.2 Å². The van der Waals surface area contributed by atoms with Crippen LogP contribution in [-0.4, -0.2) is 76.2 Å². The molecule has 14 nitrogen and oxygen atoms in total. The van der Waals surface area contributed by atoms with Crippen LogP contribution < -0.4 is 5.32 Å². The number of carbonyl (C=O) groups excluding carboxylic acids is 1. The lowest BCUT2D eigenvalue weighted by Gasteiger charge is -2.19. The Hall–Kier alpha value is -6.05. The van der Waals surface area contributed by atoms with Crippen molar-refractivity contribution in [2.75, 3.05) is 0 Å². The minimum atomic E-state index is -1.76. The van der Waals surface area contributed by atoms with Crippen molar-refractivity contribution < 1.29 is 44.4 Å². The maximum absolute atomic E-state index is 13.6. The van der Waals surface area contributed by atoms with Gasteiger partial charge >= 0.3 is 23.9 Å². The first-order valence-corrected chi connectivity index (χ1v) is 16.8. The summed E-state index contributed by atoms with van der Waals surface area (Å²) in [6.45, 7) is 13.4. The lowest BCUT2D eigenvalue weighted by molar-refractivity contribution is -0.147. The molecule has 5 rings (SSSR count). The molecule has 0 aromatic carbocycles. The lowest BCUT2D eigenvalue weighted by atomic mass is 9.84. The molecule has 272 valence electrons. The first-order chi connectivity index (χ1) is 24.6. The summed E-state index contributed by atoms with van der Waals surface area (Å²) >= 11 is 0. The second-order valence-corrected chi connectivity index (χ2v) is 13.2. The van der Waals surface area contributed by atoms with Crippen molar-refractivity contribution >= 4 is 63.1 Å². The Morgan fingerprint density at radius 2 is 1.58 bits per heavy atom. The summed E-state index contributed by atoms with van der Waals surface area (Å²) in [4.78, 5) is 78.3. The molecule has 7 N–H and O–H groups in total. The van der Waals surface area contributed by atoms with Gasteiger partial charge < -0.3 is 35.7 Å². The fraction of sp³-hybridized carbons (Fsp3) is 0.342. The number of rotatable bonds is 12. The number of carboxylic acid groups (broad SMARTS) is 4. The highest BCUT2D eigenvalue weighted by atomic mass is 16.4. The summed E-state index contributed by atoms with van der Waals surface area (Å²) in [5, 5.41) is 41.4. The van der Waals surface area contributed by atoms with Gasteiger partial charge in [-0.05, 0) is 74.1 Å². The average Bonchev–Trinajstić information content (AvgIpc) is 3.74. The van der Waals surface area contributed by atoms with E-state index in [0.717, 1.165) is 27.8 Å². The molecule has 0 radical (unpaired) electrons. The highest BCUT2D eigenvalue weighted by Crippen LogP contribution is 2.44. The Kier molecular flexibility index (Phi) is 10.5. The fourth-order valence-electron chi connectivity index (χ4n) is 7.18. The van der Waals surface area contributed by atoms with Crippen LogP contribution in [0.4, 0.5) is 0 Å². The van der Waals surface area contributed by atoms with Crippen molar-refractivity contribution in [3.8, 4) is 0 Å². The van der Waals surface area contributed by atoms with Gasteiger partial charge in [0, 0.05) is 51.8 Å². The Bertz CT molecular complexity index is 2190. The van der Waals surface area contributed by atoms with Crippen molar-refractivity contribution in [1.29, 1.82) is 0 Å². The quantitative estimate of drug-likeness (QED) is 0.148. The van der Waals surface area contributed by atoms with E-state index in [0.29, 0.717) is 46.0 Å². The summed E-state index contributed by atoms with van der Waals surface area (Å²) in [5.41, 5.74) is 7.92. The molecule has 3 aliphatic rings. The summed E-state index contributed by atoms with van der Waals surface area (Å²) < 4.78 is 0. The third-order valence-corrected chi connectivity index (χ3v) is 9.98. The van der Waals surface area contributed by atoms with Crippen LogP contribution in [0.15, 0.2) is 30.9 Å². The number of nitrogens with zero attached hydrogens (tertiary/aromatic N) is 2. The van der Waals surface area contributed by atoms with Gasteiger partial charge in [-0.25, -0.2) is 19.6 Å². The van der Waals surface area contributed by atoms with Crippen molar-refractivity contribution in [2.24, 2.45) is 0 Å². The first kappa shape index (κ1) is 37.2. The van der Waals surface area contributed by atoms with Gasteiger partial charge in [-0.1, -0.05) is 26.5 Å². The molecule has 3 atom stereocenters. The monoisotopic (exact) mass is 711 g/mol. The number of aromatic amines is 2. The third kappa shape index (κ3) is 7.09. The smallest absolute Gasteiger partial charge is 0.338 e. The van der Waals surface area contributed by atoms with Crippen LogP contribution in [0.1, 0.15) is 110 Å². The van der Waals surface area contributed by atoms with Crippen LogP contribution in [-0.2, 0) is 36.8 Å². The van der Waals surface area contributed by atoms with E-state index in [2.05, 4.69) is 21.9 Å². The zero-order valence-corrected chi connectivity index (χ0v) is 29.5. The van der Waals surface area contributed by atoms with Gasteiger partial charge in [0.25, 0.3) is 0 Å². The van der Waals surface area contributed by atoms with Gasteiger partial charge in [-0.2, -0.15) is 0 Å². The molecule has 0 unspecified atom stereocenters. The molecule has 0 saturated carbocycles. The number of H-pyrrole nitrogens is 2. The van der Waals surface area contributed by atoms with Crippen molar-refractivity contribution in [1.82, 2.24) is 25.3 Å². The predicted molar refractivity (Wildman–Crippen MR) is 193 cm³/mol. The molecule has 5 heterocycles. The maximum Gasteiger partial charge on any atom is 0.338 e. The summed E-state index contributed by atoms with van der Waals surface area (Å²) in [7, 11) is 0. The van der Waals surface area contributed by atoms with E-state index in [1.54, 1.807) is 19.1 Å². The zero-order valence-electron chi connectivity index (χ0n) is 29.5. The topological polar surface area (TPSA) is 236 Å². The van der Waals surface area contributed by atoms with Crippen LogP contribution in [0.2, 0.25) is 0 Å². The number of nitrogens with one attached hydrogen (secondary N) is 3. The highest BCUT2D eigenvalue weighted by Gasteiger charge is 2.35. The molecule has 0 saturated heterocycles. The van der Waals surface area contributed by atoms with Crippen LogP contribution in [0.25, 0.3) is 33.3 Å². The Balaban J connectivity index is 1.94. The first-order valence-electron chi connectivity index (χ1n) is 16.8. The Morgan fingerprint density at radius 1 is 0.904 bits per heavy atom. The average molecular weight is 712 g/mol. The van der Waals surface area contributed by atoms with E-state index >= 15 is 0 Å². The highest BCUT2D eigenvalue weighted by molar-refractivity contribution is 6.24. The minimum absolute atomic E-state index is 0.0492. The van der Waals surface area contributed by atoms with E-state index in [1.165, 1.54) is 0 Å². The number of aromatic nitrogens is 4. The molecular formula is C38H41N5O9. The number of fused-ring (bicyclic) bond motifs is 8. The number of carbonyl (C=O) groups is 5. The van der Waals surface area contributed by atoms with Crippen LogP contribution >= 0.6 is 0 Å². The van der Waals surface area contributed by atoms with E-state index in [9.17, 15) is 44.4 Å². The number of carboxylic acids is 4. The predicted octanol–water partition coefficient (Wildman–Crippen LogP) is 5.38. The van der Waals surface area contributed by atoms with E-state index in [1.807, 2.05) is 39.8 Å². The molecule has 52 heavy (non-hydrogen) atoms. The largest absolute Gasteiger partial charge is 0.481 e. The fourth-order valence-corrected chi connectivity index (χ4v) is 7.18. The third-order valence-electron chi connectivity index (χ3n) is 9.98. The minimum Gasteiger partial charge on any atom is -0.481 e. The van der Waals surface area contributed by atoms with Crippen LogP contribution in [0.3, 0.4) is 0 Å². The van der Waals surface area contributed by atoms with Gasteiger partial charge in [0.1, 0.15) is 6.04 Å². The lowest BCUT2D eigenvalue weighted by Crippen LogP contribution is -2.43. The van der Waals surface area contributed by atoms with Crippen LogP contribution in [0.5, 0.6) is 0 Å². The molecule has 1 amide bonds. The standard InChI is InChI=1S/C38H41N5O9/c1-7-20-16(3)24-12-26-18(5)22(9-10-32(45)46)35(42-26)23(11-31(44)41-30(37(49)50)15-33(47)48)36-34(38(51)52)19(6)27(43-36)14-29-21(8-2)17(4)25(40-29)13-28(20)39-24/h7,12-14,18,22,30,40,42H,1,8-11,15H2,2-6H3,(H,41,44)(H,45,46)(H,47,48)(H,49,50)(H,51,52)/t18-,22-,30-/m0/s1. The Labute approximate surface area is 298 Å². The zero-order chi connectivity index (χ0) is 38.2. The van der Waals surface area contributed by atoms with Gasteiger partial charge in [0.15, 0.2) is 0 Å². The molecule has 0 fully saturated rings. The molecule has 2 aromatic rings. The van der Waals surface area contributed by atoms with E-state index in [-0.39, 0.29) is 35.6 Å². The summed E-state index contributed by atoms with van der Waals surface area (Å²) in [6.07, 6.45) is 0.757. The van der Waals surface area contributed by atoms with E-state index < -0.39 is 54.6 Å². The van der Waals surface area contributed by atoms with Gasteiger partial charge in [-0.3, -0.25) is 14.4 Å². The molecule has 3 aliphatic heterocycles. The molecule has 14 heteroatoms. The maximum atomic E-state index is 13.6. The second-order valence-electron chi connectivity index (χ2n) is 13.2. The number of hydrogen-bond acceptors (Lipinski definition) is 7. The van der Waals surface area contributed by atoms with Crippen molar-refractivity contribution in [3.05, 3.63) is 81.7 Å². The van der Waals surface area contributed by atoms with Gasteiger partial charge in [0.2, 0.25) is 5.91 Å². The SMILES string of the molecule is C=CC1=C(C)c2cc3[nH]c(c(CC(=O)N[C@@H](CC(=O)O)C(=O)O)c4nc(cc5[nH]c(cc1n2)c(C)c5CC)C(C)=C4C(=O)O)[C@@H](CCC(=O)O)[C@@H]3C. The number of aryl methyl sites for hydroxylation is 2. The van der Waals surface area contributed by atoms with Crippen LogP contribution in [0, 0.1) is 6.92 Å². The molecule has 0 aliphatic carbocycles. The summed E-state index contributed by atoms with van der Waals surface area (Å²) in [5.74, 6) is -7.20. The summed E-state index contributed by atoms with van der Waals surface area (Å²) in [6, 6.07) is 3.77. The van der Waals surface area contributed by atoms with Crippen molar-refractivity contribution in [3.63, 3.8) is 0 Å². The number of allylic oxidation sites excluding steroid dienone is 4.